The van der Waals surface area contributed by atoms with Crippen LogP contribution in [-0.4, -0.2) is 20.1 Å². The third-order valence-corrected chi connectivity index (χ3v) is 6.81. The Morgan fingerprint density at radius 2 is 1.96 bits per heavy atom. The quantitative estimate of drug-likeness (QED) is 0.550. The van der Waals surface area contributed by atoms with Gasteiger partial charge in [-0.25, -0.2) is 0 Å². The number of benzene rings is 2. The standard InChI is InChI=1S/C21H22N2O3S2/c1-4-6-7-16-8-13-19-20(15-16)27-21(23(19)14-5-2)22-28(24,25)18-11-9-17(26-3)10-12-18/h2,8-13,15H,4,6-7,14H2,1,3H3/b22-21-. The minimum atomic E-state index is -3.86. The number of fused-ring (bicyclic) bond motifs is 1. The normalized spacial score (nSPS) is 12.2. The molecule has 5 nitrogen and oxygen atoms in total. The van der Waals surface area contributed by atoms with Crippen molar-refractivity contribution >= 4 is 31.6 Å². The molecule has 1 aromatic heterocycles. The van der Waals surface area contributed by atoms with Crippen LogP contribution >= 0.6 is 11.3 Å². The van der Waals surface area contributed by atoms with Gasteiger partial charge in [-0.05, 0) is 54.8 Å². The SMILES string of the molecule is C#CCn1/c(=N/S(=O)(=O)c2ccc(OC)cc2)sc2cc(CCCC)ccc21. The molecule has 0 atom stereocenters. The van der Waals surface area contributed by atoms with Gasteiger partial charge in [0.05, 0.1) is 28.8 Å². The summed E-state index contributed by atoms with van der Waals surface area (Å²) in [7, 11) is -2.33. The number of ether oxygens (including phenoxy) is 1. The lowest BCUT2D eigenvalue weighted by atomic mass is 10.1. The Bertz CT molecular complexity index is 1180. The van der Waals surface area contributed by atoms with E-state index in [-0.39, 0.29) is 11.4 Å². The summed E-state index contributed by atoms with van der Waals surface area (Å²) in [6.07, 6.45) is 8.75. The van der Waals surface area contributed by atoms with Gasteiger partial charge in [-0.1, -0.05) is 36.7 Å². The molecule has 0 N–H and O–H groups in total. The average Bonchev–Trinajstić information content (AvgIpc) is 3.02. The van der Waals surface area contributed by atoms with Gasteiger partial charge in [0.25, 0.3) is 10.0 Å². The number of unbranched alkanes of at least 4 members (excludes halogenated alkanes) is 1. The molecule has 0 fully saturated rings. The van der Waals surface area contributed by atoms with Crippen molar-refractivity contribution in [2.75, 3.05) is 7.11 Å². The zero-order chi connectivity index (χ0) is 20.1. The molecule has 7 heteroatoms. The van der Waals surface area contributed by atoms with Crippen molar-refractivity contribution in [3.8, 4) is 18.1 Å². The predicted octanol–water partition coefficient (Wildman–Crippen LogP) is 3.98. The first-order valence-corrected chi connectivity index (χ1v) is 11.2. The van der Waals surface area contributed by atoms with E-state index in [1.807, 2.05) is 6.07 Å². The molecule has 2 aromatic carbocycles. The largest absolute Gasteiger partial charge is 0.497 e. The van der Waals surface area contributed by atoms with Gasteiger partial charge in [0, 0.05) is 0 Å². The highest BCUT2D eigenvalue weighted by Crippen LogP contribution is 2.22. The first-order valence-electron chi connectivity index (χ1n) is 8.99. The summed E-state index contributed by atoms with van der Waals surface area (Å²) in [5.74, 6) is 3.18. The molecule has 146 valence electrons. The van der Waals surface area contributed by atoms with E-state index in [1.165, 1.54) is 36.1 Å². The predicted molar refractivity (Wildman–Crippen MR) is 113 cm³/mol. The van der Waals surface area contributed by atoms with E-state index in [0.717, 1.165) is 29.5 Å². The van der Waals surface area contributed by atoms with Gasteiger partial charge in [-0.2, -0.15) is 8.42 Å². The number of rotatable bonds is 7. The van der Waals surface area contributed by atoms with Crippen LogP contribution in [0, 0.1) is 12.3 Å². The number of methoxy groups -OCH3 is 1. The van der Waals surface area contributed by atoms with Gasteiger partial charge in [-0.15, -0.1) is 10.8 Å². The highest BCUT2D eigenvalue weighted by molar-refractivity contribution is 7.90. The molecule has 0 radical (unpaired) electrons. The molecule has 0 unspecified atom stereocenters. The van der Waals surface area contributed by atoms with Crippen molar-refractivity contribution in [3.05, 3.63) is 52.8 Å². The summed E-state index contributed by atoms with van der Waals surface area (Å²) >= 11 is 1.34. The zero-order valence-corrected chi connectivity index (χ0v) is 17.5. The Labute approximate surface area is 169 Å². The van der Waals surface area contributed by atoms with Gasteiger partial charge in [0.1, 0.15) is 5.75 Å². The fraction of sp³-hybridized carbons (Fsp3) is 0.286. The second-order valence-corrected chi connectivity index (χ2v) is 8.94. The lowest BCUT2D eigenvalue weighted by molar-refractivity contribution is 0.414. The molecule has 0 aliphatic rings. The Balaban J connectivity index is 2.11. The second-order valence-electron chi connectivity index (χ2n) is 6.32. The average molecular weight is 415 g/mol. The molecular formula is C21H22N2O3S2. The van der Waals surface area contributed by atoms with E-state index in [4.69, 9.17) is 11.2 Å². The monoisotopic (exact) mass is 414 g/mol. The Morgan fingerprint density at radius 3 is 2.61 bits per heavy atom. The molecule has 28 heavy (non-hydrogen) atoms. The highest BCUT2D eigenvalue weighted by atomic mass is 32.2. The van der Waals surface area contributed by atoms with Crippen molar-refractivity contribution in [1.82, 2.24) is 4.57 Å². The summed E-state index contributed by atoms with van der Waals surface area (Å²) < 4.78 is 37.5. The Kier molecular flexibility index (Phi) is 6.22. The summed E-state index contributed by atoms with van der Waals surface area (Å²) in [6, 6.07) is 12.3. The van der Waals surface area contributed by atoms with Gasteiger partial charge in [0.15, 0.2) is 0 Å². The molecule has 1 heterocycles. The number of sulfonamides is 1. The van der Waals surface area contributed by atoms with E-state index < -0.39 is 10.0 Å². The van der Waals surface area contributed by atoms with Crippen molar-refractivity contribution in [1.29, 1.82) is 0 Å². The van der Waals surface area contributed by atoms with E-state index in [0.29, 0.717) is 10.6 Å². The number of nitrogens with zero attached hydrogens (tertiary/aromatic N) is 2. The lowest BCUT2D eigenvalue weighted by Crippen LogP contribution is -2.16. The summed E-state index contributed by atoms with van der Waals surface area (Å²) in [4.78, 5) is 0.484. The Hall–Kier alpha value is -2.56. The number of aryl methyl sites for hydroxylation is 1. The van der Waals surface area contributed by atoms with Crippen LogP contribution < -0.4 is 9.54 Å². The van der Waals surface area contributed by atoms with Gasteiger partial charge >= 0.3 is 0 Å². The minimum Gasteiger partial charge on any atom is -0.497 e. The van der Waals surface area contributed by atoms with Crippen molar-refractivity contribution in [3.63, 3.8) is 0 Å². The van der Waals surface area contributed by atoms with Crippen LogP contribution in [0.2, 0.25) is 0 Å². The molecule has 0 saturated heterocycles. The fourth-order valence-corrected chi connectivity index (χ4v) is 5.17. The third-order valence-electron chi connectivity index (χ3n) is 4.37. The first-order chi connectivity index (χ1) is 13.5. The smallest absolute Gasteiger partial charge is 0.285 e. The van der Waals surface area contributed by atoms with Crippen LogP contribution in [0.3, 0.4) is 0 Å². The van der Waals surface area contributed by atoms with Gasteiger partial charge in [0.2, 0.25) is 4.80 Å². The van der Waals surface area contributed by atoms with Crippen LogP contribution in [-0.2, 0) is 23.0 Å². The number of thiazole rings is 1. The maximum Gasteiger partial charge on any atom is 0.285 e. The second kappa shape index (κ2) is 8.63. The first kappa shape index (κ1) is 20.2. The number of aromatic nitrogens is 1. The molecule has 0 bridgehead atoms. The third kappa shape index (κ3) is 4.29. The van der Waals surface area contributed by atoms with Crippen molar-refractivity contribution in [2.45, 2.75) is 37.6 Å². The lowest BCUT2D eigenvalue weighted by Gasteiger charge is -2.03. The van der Waals surface area contributed by atoms with Gasteiger partial charge in [-0.3, -0.25) is 0 Å². The van der Waals surface area contributed by atoms with Crippen LogP contribution in [0.15, 0.2) is 51.8 Å². The number of hydrogen-bond acceptors (Lipinski definition) is 4. The van der Waals surface area contributed by atoms with Crippen LogP contribution in [0.1, 0.15) is 25.3 Å². The molecule has 0 aliphatic heterocycles. The molecule has 0 aliphatic carbocycles. The molecule has 0 spiro atoms. The summed E-state index contributed by atoms with van der Waals surface area (Å²) in [5, 5.41) is 0. The van der Waals surface area contributed by atoms with E-state index in [1.54, 1.807) is 16.7 Å². The maximum absolute atomic E-state index is 12.8. The topological polar surface area (TPSA) is 60.7 Å². The minimum absolute atomic E-state index is 0.113. The molecule has 3 rings (SSSR count). The fourth-order valence-electron chi connectivity index (χ4n) is 2.87. The summed E-state index contributed by atoms with van der Waals surface area (Å²) in [6.45, 7) is 2.41. The van der Waals surface area contributed by atoms with Crippen LogP contribution in [0.5, 0.6) is 5.75 Å². The van der Waals surface area contributed by atoms with Gasteiger partial charge < -0.3 is 9.30 Å². The van der Waals surface area contributed by atoms with Crippen LogP contribution in [0.25, 0.3) is 10.2 Å². The molecule has 3 aromatic rings. The molecule has 0 saturated carbocycles. The highest BCUT2D eigenvalue weighted by Gasteiger charge is 2.15. The summed E-state index contributed by atoms with van der Waals surface area (Å²) in [5.41, 5.74) is 2.12. The van der Waals surface area contributed by atoms with Crippen LogP contribution in [0.4, 0.5) is 0 Å². The van der Waals surface area contributed by atoms with Crippen molar-refractivity contribution in [2.24, 2.45) is 4.40 Å². The Morgan fingerprint density at radius 1 is 1.21 bits per heavy atom. The maximum atomic E-state index is 12.8. The molecule has 0 amide bonds. The van der Waals surface area contributed by atoms with Crippen molar-refractivity contribution < 1.29 is 13.2 Å². The van der Waals surface area contributed by atoms with E-state index in [9.17, 15) is 8.42 Å². The van der Waals surface area contributed by atoms with E-state index in [2.05, 4.69) is 29.4 Å². The van der Waals surface area contributed by atoms with E-state index >= 15 is 0 Å². The zero-order valence-electron chi connectivity index (χ0n) is 15.9. The number of hydrogen-bond donors (Lipinski definition) is 0. The molecular weight excluding hydrogens is 392 g/mol. The number of terminal acetylenes is 1.